The van der Waals surface area contributed by atoms with Gasteiger partial charge < -0.3 is 19.7 Å². The number of hydrogen-bond donors (Lipinski definition) is 2. The van der Waals surface area contributed by atoms with Crippen LogP contribution >= 0.6 is 0 Å². The Labute approximate surface area is 152 Å². The number of hydrogen-bond acceptors (Lipinski definition) is 4. The molecule has 1 aromatic heterocycles. The molecule has 1 atom stereocenters. The van der Waals surface area contributed by atoms with Crippen LogP contribution in [0.3, 0.4) is 0 Å². The van der Waals surface area contributed by atoms with E-state index in [1.165, 1.54) is 12.3 Å². The molecule has 0 aliphatic carbocycles. The zero-order chi connectivity index (χ0) is 18.4. The molecule has 1 aromatic carbocycles. The van der Waals surface area contributed by atoms with E-state index in [2.05, 4.69) is 5.32 Å². The molecule has 0 radical (unpaired) electrons. The first-order valence-electron chi connectivity index (χ1n) is 8.69. The third-order valence-corrected chi connectivity index (χ3v) is 4.41. The molecule has 2 heterocycles. The highest BCUT2D eigenvalue weighted by atomic mass is 16.3. The second-order valence-electron chi connectivity index (χ2n) is 6.34. The van der Waals surface area contributed by atoms with Crippen LogP contribution in [0.25, 0.3) is 6.08 Å². The maximum absolute atomic E-state index is 13.0. The van der Waals surface area contributed by atoms with Crippen molar-refractivity contribution in [2.75, 3.05) is 19.7 Å². The molecular weight excluding hydrogens is 332 g/mol. The van der Waals surface area contributed by atoms with Crippen molar-refractivity contribution in [1.82, 2.24) is 10.2 Å². The maximum atomic E-state index is 13.0. The summed E-state index contributed by atoms with van der Waals surface area (Å²) in [5.41, 5.74) is 0.630. The largest absolute Gasteiger partial charge is 0.465 e. The summed E-state index contributed by atoms with van der Waals surface area (Å²) in [6.45, 7) is 1.13. The second-order valence-corrected chi connectivity index (χ2v) is 6.34. The Balaban J connectivity index is 1.81. The molecule has 3 rings (SSSR count). The summed E-state index contributed by atoms with van der Waals surface area (Å²) in [4.78, 5) is 27.1. The fraction of sp³-hybridized carbons (Fsp3) is 0.300. The summed E-state index contributed by atoms with van der Waals surface area (Å²) >= 11 is 0. The van der Waals surface area contributed by atoms with E-state index in [-0.39, 0.29) is 30.0 Å². The summed E-state index contributed by atoms with van der Waals surface area (Å²) in [5, 5.41) is 12.1. The van der Waals surface area contributed by atoms with Gasteiger partial charge in [0.15, 0.2) is 0 Å². The zero-order valence-corrected chi connectivity index (χ0v) is 14.4. The molecule has 1 fully saturated rings. The highest BCUT2D eigenvalue weighted by Crippen LogP contribution is 2.18. The topological polar surface area (TPSA) is 82.8 Å². The molecule has 26 heavy (non-hydrogen) atoms. The summed E-state index contributed by atoms with van der Waals surface area (Å²) in [7, 11) is 0. The van der Waals surface area contributed by atoms with Gasteiger partial charge in [0, 0.05) is 31.3 Å². The lowest BCUT2D eigenvalue weighted by Crippen LogP contribution is -2.44. The average molecular weight is 354 g/mol. The third kappa shape index (κ3) is 4.40. The lowest BCUT2D eigenvalue weighted by molar-refractivity contribution is -0.129. The molecule has 2 N–H and O–H groups in total. The van der Waals surface area contributed by atoms with Crippen LogP contribution in [-0.4, -0.2) is 41.5 Å². The van der Waals surface area contributed by atoms with E-state index in [1.807, 2.05) is 6.07 Å². The standard InChI is InChI=1S/C20H22N2O4/c23-14-15-6-4-10-22(13-15)20(25)18(12-17-9-5-11-26-17)21-19(24)16-7-2-1-3-8-16/h1-3,5,7-9,11-12,15,23H,4,6,10,13-14H2,(H,21,24)/b18-12+/t15-/m1/s1. The van der Waals surface area contributed by atoms with Crippen LogP contribution in [0.5, 0.6) is 0 Å². The van der Waals surface area contributed by atoms with Crippen molar-refractivity contribution in [1.29, 1.82) is 0 Å². The Hall–Kier alpha value is -2.86. The Morgan fingerprint density at radius 2 is 2.04 bits per heavy atom. The minimum atomic E-state index is -0.354. The Kier molecular flexibility index (Phi) is 5.86. The number of benzene rings is 1. The monoisotopic (exact) mass is 354 g/mol. The van der Waals surface area contributed by atoms with Gasteiger partial charge in [-0.25, -0.2) is 0 Å². The number of furan rings is 1. The van der Waals surface area contributed by atoms with Gasteiger partial charge in [0.05, 0.1) is 6.26 Å². The zero-order valence-electron chi connectivity index (χ0n) is 14.4. The van der Waals surface area contributed by atoms with E-state index < -0.39 is 0 Å². The van der Waals surface area contributed by atoms with Crippen molar-refractivity contribution in [3.05, 3.63) is 65.7 Å². The molecule has 0 saturated carbocycles. The van der Waals surface area contributed by atoms with Crippen LogP contribution in [-0.2, 0) is 4.79 Å². The number of aliphatic hydroxyl groups is 1. The molecule has 1 aliphatic heterocycles. The van der Waals surface area contributed by atoms with Crippen molar-refractivity contribution < 1.29 is 19.1 Å². The highest BCUT2D eigenvalue weighted by Gasteiger charge is 2.26. The van der Waals surface area contributed by atoms with Gasteiger partial charge in [-0.05, 0) is 43.0 Å². The van der Waals surface area contributed by atoms with Crippen molar-refractivity contribution in [3.63, 3.8) is 0 Å². The first-order valence-corrected chi connectivity index (χ1v) is 8.69. The molecule has 2 amide bonds. The van der Waals surface area contributed by atoms with Gasteiger partial charge in [-0.3, -0.25) is 9.59 Å². The fourth-order valence-electron chi connectivity index (χ4n) is 3.02. The van der Waals surface area contributed by atoms with Crippen LogP contribution in [0, 0.1) is 5.92 Å². The number of nitrogens with zero attached hydrogens (tertiary/aromatic N) is 1. The van der Waals surface area contributed by atoms with Gasteiger partial charge in [0.2, 0.25) is 0 Å². The normalized spacial score (nSPS) is 17.8. The molecule has 0 bridgehead atoms. The van der Waals surface area contributed by atoms with Crippen LogP contribution in [0.4, 0.5) is 0 Å². The van der Waals surface area contributed by atoms with Crippen molar-refractivity contribution in [2.45, 2.75) is 12.8 Å². The highest BCUT2D eigenvalue weighted by molar-refractivity contribution is 6.05. The number of rotatable bonds is 5. The number of amides is 2. The van der Waals surface area contributed by atoms with E-state index in [9.17, 15) is 14.7 Å². The number of carbonyl (C=O) groups is 2. The first-order chi connectivity index (χ1) is 12.7. The van der Waals surface area contributed by atoms with E-state index in [0.717, 1.165) is 12.8 Å². The molecule has 2 aromatic rings. The minimum Gasteiger partial charge on any atom is -0.465 e. The smallest absolute Gasteiger partial charge is 0.270 e. The summed E-state index contributed by atoms with van der Waals surface area (Å²) in [6, 6.07) is 12.2. The number of piperidine rings is 1. The Bertz CT molecular complexity index is 768. The van der Waals surface area contributed by atoms with E-state index in [4.69, 9.17) is 4.42 Å². The molecule has 0 unspecified atom stereocenters. The van der Waals surface area contributed by atoms with Crippen molar-refractivity contribution in [2.24, 2.45) is 5.92 Å². The summed E-state index contributed by atoms with van der Waals surface area (Å²) in [6.07, 6.45) is 4.77. The third-order valence-electron chi connectivity index (χ3n) is 4.41. The van der Waals surface area contributed by atoms with Crippen LogP contribution in [0.15, 0.2) is 58.8 Å². The van der Waals surface area contributed by atoms with Gasteiger partial charge in [-0.15, -0.1) is 0 Å². The summed E-state index contributed by atoms with van der Waals surface area (Å²) < 4.78 is 5.29. The van der Waals surface area contributed by atoms with Gasteiger partial charge in [0.25, 0.3) is 11.8 Å². The predicted octanol–water partition coefficient (Wildman–Crippen LogP) is 2.28. The van der Waals surface area contributed by atoms with Gasteiger partial charge in [0.1, 0.15) is 11.5 Å². The maximum Gasteiger partial charge on any atom is 0.270 e. The van der Waals surface area contributed by atoms with Crippen molar-refractivity contribution >= 4 is 17.9 Å². The van der Waals surface area contributed by atoms with Crippen LogP contribution in [0.1, 0.15) is 29.0 Å². The van der Waals surface area contributed by atoms with E-state index in [0.29, 0.717) is 24.4 Å². The molecule has 1 aliphatic rings. The number of nitrogens with one attached hydrogen (secondary N) is 1. The Morgan fingerprint density at radius 3 is 2.73 bits per heavy atom. The molecule has 136 valence electrons. The molecule has 1 saturated heterocycles. The van der Waals surface area contributed by atoms with Gasteiger partial charge in [-0.2, -0.15) is 0 Å². The number of aliphatic hydroxyl groups excluding tert-OH is 1. The number of carbonyl (C=O) groups excluding carboxylic acids is 2. The van der Waals surface area contributed by atoms with Crippen LogP contribution in [0.2, 0.25) is 0 Å². The average Bonchev–Trinajstić information content (AvgIpc) is 3.20. The summed E-state index contributed by atoms with van der Waals surface area (Å²) in [5.74, 6) is -0.0730. The lowest BCUT2D eigenvalue weighted by Gasteiger charge is -2.32. The number of likely N-dealkylation sites (tertiary alicyclic amines) is 1. The van der Waals surface area contributed by atoms with Gasteiger partial charge >= 0.3 is 0 Å². The quantitative estimate of drug-likeness (QED) is 0.807. The van der Waals surface area contributed by atoms with Crippen molar-refractivity contribution in [3.8, 4) is 0 Å². The first kappa shape index (κ1) is 17.9. The van der Waals surface area contributed by atoms with E-state index in [1.54, 1.807) is 41.3 Å². The molecular formula is C20H22N2O4. The molecule has 6 heteroatoms. The fourth-order valence-corrected chi connectivity index (χ4v) is 3.02. The Morgan fingerprint density at radius 1 is 1.23 bits per heavy atom. The van der Waals surface area contributed by atoms with Crippen LogP contribution < -0.4 is 5.32 Å². The molecule has 0 spiro atoms. The molecule has 6 nitrogen and oxygen atoms in total. The lowest BCUT2D eigenvalue weighted by atomic mass is 9.99. The van der Waals surface area contributed by atoms with E-state index >= 15 is 0 Å². The second kappa shape index (κ2) is 8.49. The SMILES string of the molecule is O=C(N/C(=C/c1ccco1)C(=O)N1CCC[C@@H](CO)C1)c1ccccc1. The van der Waals surface area contributed by atoms with Gasteiger partial charge in [-0.1, -0.05) is 18.2 Å². The predicted molar refractivity (Wildman–Crippen MR) is 97.0 cm³/mol. The minimum absolute atomic E-state index is 0.0530.